The molecule has 1 amide bonds. The Balaban J connectivity index is 2.40. The van der Waals surface area contributed by atoms with E-state index < -0.39 is 11.9 Å². The molecule has 4 N–H and O–H groups in total. The molecule has 19 heavy (non-hydrogen) atoms. The molecule has 0 saturated carbocycles. The molecule has 0 fully saturated rings. The van der Waals surface area contributed by atoms with Crippen molar-refractivity contribution in [3.63, 3.8) is 0 Å². The van der Waals surface area contributed by atoms with Crippen LogP contribution in [0.1, 0.15) is 12.1 Å². The lowest BCUT2D eigenvalue weighted by molar-refractivity contribution is -0.141. The van der Waals surface area contributed by atoms with E-state index in [1.807, 2.05) is 0 Å². The molecule has 0 aromatic carbocycles. The van der Waals surface area contributed by atoms with Crippen LogP contribution in [0.4, 0.5) is 19.1 Å². The van der Waals surface area contributed by atoms with Crippen LogP contribution in [0.25, 0.3) is 0 Å². The van der Waals surface area contributed by atoms with Gasteiger partial charge in [0.05, 0.1) is 0 Å². The second-order valence-electron chi connectivity index (χ2n) is 3.58. The minimum atomic E-state index is -4.51. The highest BCUT2D eigenvalue weighted by Crippen LogP contribution is 2.27. The number of nitrogens with two attached hydrogens (primary N) is 1. The first kappa shape index (κ1) is 15.2. The van der Waals surface area contributed by atoms with Gasteiger partial charge < -0.3 is 16.4 Å². The number of halogens is 3. The summed E-state index contributed by atoms with van der Waals surface area (Å²) >= 11 is 0. The summed E-state index contributed by atoms with van der Waals surface area (Å²) in [6.07, 6.45) is -3.28. The second-order valence-corrected chi connectivity index (χ2v) is 3.58. The maximum atomic E-state index is 12.4. The normalized spacial score (nSPS) is 11.2. The molecule has 0 bridgehead atoms. The Kier molecular flexibility index (Phi) is 5.49. The van der Waals surface area contributed by atoms with Gasteiger partial charge in [-0.15, -0.1) is 0 Å². The molecule has 6 nitrogen and oxygen atoms in total. The van der Waals surface area contributed by atoms with Crippen LogP contribution in [0.5, 0.6) is 0 Å². The van der Waals surface area contributed by atoms with E-state index in [-0.39, 0.29) is 37.9 Å². The van der Waals surface area contributed by atoms with Crippen LogP contribution >= 0.6 is 0 Å². The average Bonchev–Trinajstić information content (AvgIpc) is 2.34. The maximum absolute atomic E-state index is 12.4. The summed E-state index contributed by atoms with van der Waals surface area (Å²) in [5, 5.41) is 5.13. The molecule has 106 valence electrons. The zero-order valence-electron chi connectivity index (χ0n) is 10.00. The van der Waals surface area contributed by atoms with Crippen LogP contribution in [0.2, 0.25) is 0 Å². The van der Waals surface area contributed by atoms with Gasteiger partial charge in [-0.2, -0.15) is 13.2 Å². The van der Waals surface area contributed by atoms with Gasteiger partial charge in [0.2, 0.25) is 11.9 Å². The molecule has 0 radical (unpaired) electrons. The number of hydrogen-bond acceptors (Lipinski definition) is 5. The number of amides is 1. The third kappa shape index (κ3) is 5.51. The first-order chi connectivity index (χ1) is 8.93. The fraction of sp³-hybridized carbons (Fsp3) is 0.500. The van der Waals surface area contributed by atoms with Crippen molar-refractivity contribution in [1.29, 1.82) is 0 Å². The number of anilines is 1. The summed E-state index contributed by atoms with van der Waals surface area (Å²) in [6.45, 7) is 0.714. The smallest absolute Gasteiger partial charge is 0.354 e. The van der Waals surface area contributed by atoms with E-state index in [0.29, 0.717) is 0 Å². The lowest BCUT2D eigenvalue weighted by Crippen LogP contribution is -2.30. The van der Waals surface area contributed by atoms with Crippen molar-refractivity contribution >= 4 is 11.9 Å². The Labute approximate surface area is 107 Å². The van der Waals surface area contributed by atoms with Gasteiger partial charge in [-0.3, -0.25) is 4.79 Å². The van der Waals surface area contributed by atoms with Gasteiger partial charge in [-0.05, 0) is 6.07 Å². The third-order valence-corrected chi connectivity index (χ3v) is 2.05. The first-order valence-corrected chi connectivity index (χ1v) is 5.54. The van der Waals surface area contributed by atoms with Crippen LogP contribution in [-0.4, -0.2) is 35.5 Å². The third-order valence-electron chi connectivity index (χ3n) is 2.05. The van der Waals surface area contributed by atoms with E-state index >= 15 is 0 Å². The lowest BCUT2D eigenvalue weighted by Gasteiger charge is -2.09. The van der Waals surface area contributed by atoms with Gasteiger partial charge in [-0.1, -0.05) is 0 Å². The van der Waals surface area contributed by atoms with Gasteiger partial charge in [0.1, 0.15) is 5.69 Å². The zero-order valence-corrected chi connectivity index (χ0v) is 10.00. The summed E-state index contributed by atoms with van der Waals surface area (Å²) in [5.41, 5.74) is 4.16. The molecule has 0 saturated heterocycles. The number of nitrogens with zero attached hydrogens (tertiary/aromatic N) is 2. The fourth-order valence-electron chi connectivity index (χ4n) is 1.20. The second kappa shape index (κ2) is 6.88. The predicted octanol–water partition coefficient (Wildman–Crippen LogP) is 0.372. The Morgan fingerprint density at radius 3 is 2.74 bits per heavy atom. The quantitative estimate of drug-likeness (QED) is 0.653. The molecule has 9 heteroatoms. The molecule has 0 unspecified atom stereocenters. The average molecular weight is 277 g/mol. The molecular weight excluding hydrogens is 263 g/mol. The maximum Gasteiger partial charge on any atom is 0.433 e. The Hall–Kier alpha value is -1.90. The van der Waals surface area contributed by atoms with Gasteiger partial charge in [-0.25, -0.2) is 9.97 Å². The van der Waals surface area contributed by atoms with Crippen LogP contribution in [-0.2, 0) is 11.0 Å². The van der Waals surface area contributed by atoms with Crippen molar-refractivity contribution in [2.24, 2.45) is 5.73 Å². The number of nitrogens with one attached hydrogen (secondary N) is 2. The molecule has 0 atom stereocenters. The molecule has 1 rings (SSSR count). The highest BCUT2D eigenvalue weighted by atomic mass is 19.4. The fourth-order valence-corrected chi connectivity index (χ4v) is 1.20. The summed E-state index contributed by atoms with van der Waals surface area (Å²) in [7, 11) is 0. The number of carbonyl (C=O) groups excluding carboxylic acids is 1. The lowest BCUT2D eigenvalue weighted by atomic mass is 10.4. The minimum Gasteiger partial charge on any atom is -0.354 e. The van der Waals surface area contributed by atoms with Crippen molar-refractivity contribution in [2.45, 2.75) is 12.6 Å². The largest absolute Gasteiger partial charge is 0.433 e. The first-order valence-electron chi connectivity index (χ1n) is 5.54. The van der Waals surface area contributed by atoms with Crippen molar-refractivity contribution < 1.29 is 18.0 Å². The SMILES string of the molecule is NCCC(=O)NCCNc1nccc(C(F)(F)F)n1. The summed E-state index contributed by atoms with van der Waals surface area (Å²) in [6, 6.07) is 0.786. The van der Waals surface area contributed by atoms with E-state index in [1.54, 1.807) is 0 Å². The number of aromatic nitrogens is 2. The summed E-state index contributed by atoms with van der Waals surface area (Å²) in [4.78, 5) is 18.0. The predicted molar refractivity (Wildman–Crippen MR) is 62.2 cm³/mol. The van der Waals surface area contributed by atoms with Crippen LogP contribution in [0.3, 0.4) is 0 Å². The standard InChI is InChI=1S/C10H14F3N5O/c11-10(12,13)7-2-4-16-9(18-7)17-6-5-15-8(19)1-3-14/h2,4H,1,3,5-6,14H2,(H,15,19)(H,16,17,18). The summed E-state index contributed by atoms with van der Waals surface area (Å²) < 4.78 is 37.1. The van der Waals surface area contributed by atoms with E-state index in [4.69, 9.17) is 5.73 Å². The molecule has 1 aromatic rings. The molecule has 0 spiro atoms. The molecule has 1 heterocycles. The van der Waals surface area contributed by atoms with Gasteiger partial charge >= 0.3 is 6.18 Å². The number of rotatable bonds is 6. The highest BCUT2D eigenvalue weighted by Gasteiger charge is 2.32. The molecule has 0 aliphatic heterocycles. The van der Waals surface area contributed by atoms with Gasteiger partial charge in [0, 0.05) is 32.3 Å². The zero-order chi connectivity index (χ0) is 14.3. The van der Waals surface area contributed by atoms with Crippen LogP contribution < -0.4 is 16.4 Å². The van der Waals surface area contributed by atoms with Crippen molar-refractivity contribution in [3.05, 3.63) is 18.0 Å². The summed E-state index contributed by atoms with van der Waals surface area (Å²) in [5.74, 6) is -0.350. The number of carbonyl (C=O) groups is 1. The highest BCUT2D eigenvalue weighted by molar-refractivity contribution is 5.76. The van der Waals surface area contributed by atoms with Crippen molar-refractivity contribution in [2.75, 3.05) is 25.0 Å². The molecule has 0 aliphatic rings. The van der Waals surface area contributed by atoms with Gasteiger partial charge in [0.25, 0.3) is 0 Å². The Morgan fingerprint density at radius 2 is 2.11 bits per heavy atom. The minimum absolute atomic E-state index is 0.136. The Bertz CT molecular complexity index is 424. The van der Waals surface area contributed by atoms with E-state index in [0.717, 1.165) is 12.3 Å². The van der Waals surface area contributed by atoms with E-state index in [2.05, 4.69) is 20.6 Å². The van der Waals surface area contributed by atoms with E-state index in [1.165, 1.54) is 0 Å². The van der Waals surface area contributed by atoms with Crippen LogP contribution in [0, 0.1) is 0 Å². The molecular formula is C10H14F3N5O. The van der Waals surface area contributed by atoms with Gasteiger partial charge in [0.15, 0.2) is 0 Å². The monoisotopic (exact) mass is 277 g/mol. The molecule has 1 aromatic heterocycles. The Morgan fingerprint density at radius 1 is 1.37 bits per heavy atom. The van der Waals surface area contributed by atoms with Crippen LogP contribution in [0.15, 0.2) is 12.3 Å². The number of hydrogen-bond donors (Lipinski definition) is 3. The van der Waals surface area contributed by atoms with Crippen molar-refractivity contribution in [3.8, 4) is 0 Å². The molecule has 0 aliphatic carbocycles. The number of alkyl halides is 3. The van der Waals surface area contributed by atoms with Crippen molar-refractivity contribution in [1.82, 2.24) is 15.3 Å². The van der Waals surface area contributed by atoms with E-state index in [9.17, 15) is 18.0 Å². The topological polar surface area (TPSA) is 92.9 Å².